The van der Waals surface area contributed by atoms with Crippen molar-refractivity contribution in [3.05, 3.63) is 105 Å². The van der Waals surface area contributed by atoms with Crippen LogP contribution < -0.4 is 21.6 Å². The molecule has 0 amide bonds. The van der Waals surface area contributed by atoms with E-state index in [1.165, 1.54) is 32.5 Å². The molecule has 2 aromatic carbocycles. The van der Waals surface area contributed by atoms with Crippen LogP contribution in [0.4, 0.5) is 0 Å². The van der Waals surface area contributed by atoms with Crippen molar-refractivity contribution in [2.75, 3.05) is 6.61 Å². The van der Waals surface area contributed by atoms with Gasteiger partial charge in [-0.3, -0.25) is 4.79 Å². The van der Waals surface area contributed by atoms with Gasteiger partial charge in [0.2, 0.25) is 0 Å². The normalized spacial score (nSPS) is 18.2. The molecule has 4 aromatic rings. The van der Waals surface area contributed by atoms with Crippen LogP contribution in [0.2, 0.25) is 5.04 Å². The zero-order valence-corrected chi connectivity index (χ0v) is 23.2. The second-order valence-electron chi connectivity index (χ2n) is 10.4. The molecule has 6 nitrogen and oxygen atoms in total. The van der Waals surface area contributed by atoms with Gasteiger partial charge in [0.1, 0.15) is 6.23 Å². The van der Waals surface area contributed by atoms with E-state index in [4.69, 9.17) is 9.16 Å². The van der Waals surface area contributed by atoms with Crippen LogP contribution in [0.1, 0.15) is 39.8 Å². The zero-order chi connectivity index (χ0) is 26.0. The van der Waals surface area contributed by atoms with Gasteiger partial charge in [-0.1, -0.05) is 87.5 Å². The molecule has 5 rings (SSSR count). The number of rotatable bonds is 7. The number of nitrogens with zero attached hydrogens (tertiary/aromatic N) is 1. The molecule has 2 aromatic heterocycles. The van der Waals surface area contributed by atoms with Crippen molar-refractivity contribution >= 4 is 30.0 Å². The van der Waals surface area contributed by atoms with E-state index >= 15 is 0 Å². The Morgan fingerprint density at radius 3 is 2.19 bits per heavy atom. The highest BCUT2D eigenvalue weighted by Crippen LogP contribution is 2.38. The van der Waals surface area contributed by atoms with Crippen molar-refractivity contribution in [2.24, 2.45) is 0 Å². The Labute approximate surface area is 221 Å². The van der Waals surface area contributed by atoms with Gasteiger partial charge in [0.05, 0.1) is 18.3 Å². The number of ether oxygens (including phenoxy) is 1. The van der Waals surface area contributed by atoms with E-state index < -0.39 is 20.2 Å². The topological polar surface area (TPSA) is 73.3 Å². The maximum absolute atomic E-state index is 13.2. The lowest BCUT2D eigenvalue weighted by atomic mass is 10.2. The van der Waals surface area contributed by atoms with Gasteiger partial charge in [-0.25, -0.2) is 9.36 Å². The number of aromatic amines is 1. The van der Waals surface area contributed by atoms with Gasteiger partial charge in [-0.2, -0.15) is 0 Å². The minimum Gasteiger partial charge on any atom is -0.405 e. The largest absolute Gasteiger partial charge is 0.405 e. The summed E-state index contributed by atoms with van der Waals surface area (Å²) in [5, 5.41) is 4.19. The first kappa shape index (κ1) is 25.6. The summed E-state index contributed by atoms with van der Waals surface area (Å²) in [6, 6.07) is 24.7. The number of hydrogen-bond donors (Lipinski definition) is 1. The van der Waals surface area contributed by atoms with Crippen LogP contribution in [-0.4, -0.2) is 30.6 Å². The molecule has 0 aliphatic carbocycles. The highest BCUT2D eigenvalue weighted by atomic mass is 32.1. The van der Waals surface area contributed by atoms with Crippen molar-refractivity contribution < 1.29 is 9.16 Å². The minimum atomic E-state index is -2.70. The molecule has 8 heteroatoms. The summed E-state index contributed by atoms with van der Waals surface area (Å²) >= 11 is 1.47. The summed E-state index contributed by atoms with van der Waals surface area (Å²) in [7, 11) is -2.70. The van der Waals surface area contributed by atoms with E-state index in [1.807, 2.05) is 29.6 Å². The highest BCUT2D eigenvalue weighted by Gasteiger charge is 2.50. The average Bonchev–Trinajstić information content (AvgIpc) is 3.58. The number of H-pyrrole nitrogens is 1. The third-order valence-electron chi connectivity index (χ3n) is 7.07. The average molecular weight is 533 g/mol. The second-order valence-corrected chi connectivity index (χ2v) is 15.7. The zero-order valence-electron chi connectivity index (χ0n) is 21.3. The summed E-state index contributed by atoms with van der Waals surface area (Å²) in [4.78, 5) is 29.5. The van der Waals surface area contributed by atoms with E-state index in [2.05, 4.69) is 74.3 Å². The van der Waals surface area contributed by atoms with Gasteiger partial charge < -0.3 is 14.1 Å². The van der Waals surface area contributed by atoms with Gasteiger partial charge in [0.15, 0.2) is 0 Å². The van der Waals surface area contributed by atoms with Crippen molar-refractivity contribution in [3.8, 4) is 10.4 Å². The fraction of sp³-hybridized carbons (Fsp3) is 0.310. The molecule has 1 aliphatic heterocycles. The quantitative estimate of drug-likeness (QED) is 0.355. The molecular weight excluding hydrogens is 500 g/mol. The predicted molar refractivity (Wildman–Crippen MR) is 151 cm³/mol. The van der Waals surface area contributed by atoms with Gasteiger partial charge in [-0.15, -0.1) is 11.3 Å². The molecule has 1 saturated heterocycles. The number of nitrogens with one attached hydrogen (secondary N) is 1. The molecule has 1 N–H and O–H groups in total. The van der Waals surface area contributed by atoms with Gasteiger partial charge in [0, 0.05) is 11.1 Å². The predicted octanol–water partition coefficient (Wildman–Crippen LogP) is 4.52. The Kier molecular flexibility index (Phi) is 7.18. The molecule has 2 atom stereocenters. The molecule has 0 unspecified atom stereocenters. The number of hydrogen-bond acceptors (Lipinski definition) is 5. The fourth-order valence-electron chi connectivity index (χ4n) is 5.34. The Bertz CT molecular complexity index is 1400. The first-order valence-electron chi connectivity index (χ1n) is 12.6. The Hall–Kier alpha value is -3.04. The SMILES string of the molecule is CC(C)(C)[Si](OC[C@@H]1CC[C@@H](n2c(=O)[nH]cc(-c3cccs3)c2=O)O1)(c1ccccc1)c1ccccc1. The summed E-state index contributed by atoms with van der Waals surface area (Å²) in [6.07, 6.45) is 1.93. The van der Waals surface area contributed by atoms with Crippen LogP contribution in [0.5, 0.6) is 0 Å². The molecule has 37 heavy (non-hydrogen) atoms. The third-order valence-corrected chi connectivity index (χ3v) is 13.0. The van der Waals surface area contributed by atoms with Crippen molar-refractivity contribution in [3.63, 3.8) is 0 Å². The molecule has 0 saturated carbocycles. The highest BCUT2D eigenvalue weighted by molar-refractivity contribution is 7.13. The lowest BCUT2D eigenvalue weighted by Gasteiger charge is -2.43. The minimum absolute atomic E-state index is 0.142. The first-order chi connectivity index (χ1) is 17.8. The van der Waals surface area contributed by atoms with E-state index in [0.29, 0.717) is 25.0 Å². The summed E-state index contributed by atoms with van der Waals surface area (Å²) in [5.41, 5.74) is -0.307. The third kappa shape index (κ3) is 4.82. The molecule has 0 radical (unpaired) electrons. The lowest BCUT2D eigenvalue weighted by molar-refractivity contribution is -0.0229. The van der Waals surface area contributed by atoms with E-state index in [1.54, 1.807) is 0 Å². The van der Waals surface area contributed by atoms with Crippen LogP contribution in [0, 0.1) is 0 Å². The van der Waals surface area contributed by atoms with E-state index in [0.717, 1.165) is 4.88 Å². The number of benzene rings is 2. The lowest BCUT2D eigenvalue weighted by Crippen LogP contribution is -2.67. The van der Waals surface area contributed by atoms with Crippen molar-refractivity contribution in [1.82, 2.24) is 9.55 Å². The Balaban J connectivity index is 1.43. The summed E-state index contributed by atoms with van der Waals surface area (Å²) in [5.74, 6) is 0. The van der Waals surface area contributed by atoms with Crippen LogP contribution >= 0.6 is 11.3 Å². The monoisotopic (exact) mass is 532 g/mol. The standard InChI is InChI=1S/C29H32N2O4SSi/c1-29(2,3)37(22-11-6-4-7-12-22,23-13-8-5-9-14-23)34-20-21-16-17-26(35-21)31-27(32)24(19-30-28(31)33)25-15-10-18-36-25/h4-15,18-19,21,26H,16-17,20H2,1-3H3,(H,30,33)/t21-,26-/m0/s1. The van der Waals surface area contributed by atoms with Gasteiger partial charge in [-0.05, 0) is 39.7 Å². The molecule has 0 spiro atoms. The summed E-state index contributed by atoms with van der Waals surface area (Å²) < 4.78 is 14.5. The van der Waals surface area contributed by atoms with Crippen molar-refractivity contribution in [1.29, 1.82) is 0 Å². The molecule has 0 bridgehead atoms. The molecule has 192 valence electrons. The fourth-order valence-corrected chi connectivity index (χ4v) is 10.7. The molecular formula is C29H32N2O4SSi. The van der Waals surface area contributed by atoms with Crippen LogP contribution in [0.25, 0.3) is 10.4 Å². The van der Waals surface area contributed by atoms with E-state index in [-0.39, 0.29) is 16.7 Å². The molecule has 1 aliphatic rings. The smallest absolute Gasteiger partial charge is 0.330 e. The maximum atomic E-state index is 13.2. The van der Waals surface area contributed by atoms with Gasteiger partial charge >= 0.3 is 5.69 Å². The van der Waals surface area contributed by atoms with Crippen LogP contribution in [-0.2, 0) is 9.16 Å². The number of aromatic nitrogens is 2. The Morgan fingerprint density at radius 1 is 0.973 bits per heavy atom. The van der Waals surface area contributed by atoms with E-state index in [9.17, 15) is 9.59 Å². The maximum Gasteiger partial charge on any atom is 0.330 e. The first-order valence-corrected chi connectivity index (χ1v) is 15.4. The second kappa shape index (κ2) is 10.4. The molecule has 1 fully saturated rings. The number of thiophene rings is 1. The summed E-state index contributed by atoms with van der Waals surface area (Å²) in [6.45, 7) is 7.12. The van der Waals surface area contributed by atoms with Gasteiger partial charge in [0.25, 0.3) is 13.9 Å². The Morgan fingerprint density at radius 2 is 1.62 bits per heavy atom. The molecule has 3 heterocycles. The van der Waals surface area contributed by atoms with Crippen molar-refractivity contribution in [2.45, 2.75) is 51.0 Å². The van der Waals surface area contributed by atoms with Crippen LogP contribution in [0.3, 0.4) is 0 Å². The van der Waals surface area contributed by atoms with Crippen LogP contribution in [0.15, 0.2) is 94.0 Å².